The highest BCUT2D eigenvalue weighted by Crippen LogP contribution is 2.27. The molecule has 0 aliphatic heterocycles. The van der Waals surface area contributed by atoms with Crippen molar-refractivity contribution < 1.29 is 9.59 Å². The molecule has 4 heteroatoms. The van der Waals surface area contributed by atoms with Crippen molar-refractivity contribution >= 4 is 17.5 Å². The molecule has 0 aliphatic rings. The molecule has 0 N–H and O–H groups in total. The van der Waals surface area contributed by atoms with Crippen LogP contribution in [0.25, 0.3) is 0 Å². The van der Waals surface area contributed by atoms with E-state index in [4.69, 9.17) is 0 Å². The fraction of sp³-hybridized carbons (Fsp3) is 0.440. The van der Waals surface area contributed by atoms with Crippen LogP contribution in [0.15, 0.2) is 48.5 Å². The zero-order chi connectivity index (χ0) is 21.4. The first-order chi connectivity index (χ1) is 13.9. The lowest BCUT2D eigenvalue weighted by Gasteiger charge is -2.30. The molecule has 0 radical (unpaired) electrons. The molecule has 0 atom stereocenters. The van der Waals surface area contributed by atoms with Gasteiger partial charge in [0.2, 0.25) is 11.8 Å². The lowest BCUT2D eigenvalue weighted by Crippen LogP contribution is -2.40. The molecule has 0 heterocycles. The van der Waals surface area contributed by atoms with Gasteiger partial charge < -0.3 is 9.80 Å². The fourth-order valence-corrected chi connectivity index (χ4v) is 3.68. The normalized spacial score (nSPS) is 10.8. The van der Waals surface area contributed by atoms with E-state index in [2.05, 4.69) is 26.0 Å². The summed E-state index contributed by atoms with van der Waals surface area (Å²) < 4.78 is 0. The van der Waals surface area contributed by atoms with Gasteiger partial charge in [-0.15, -0.1) is 0 Å². The lowest BCUT2D eigenvalue weighted by molar-refractivity contribution is -0.133. The van der Waals surface area contributed by atoms with Crippen molar-refractivity contribution in [1.29, 1.82) is 0 Å². The maximum atomic E-state index is 13.0. The highest BCUT2D eigenvalue weighted by Gasteiger charge is 2.22. The van der Waals surface area contributed by atoms with Gasteiger partial charge in [-0.2, -0.15) is 0 Å². The fourth-order valence-electron chi connectivity index (χ4n) is 3.68. The lowest BCUT2D eigenvalue weighted by atomic mass is 10.0. The second-order valence-electron chi connectivity index (χ2n) is 7.65. The molecule has 156 valence electrons. The number of carbonyl (C=O) groups excluding carboxylic acids is 2. The van der Waals surface area contributed by atoms with Crippen molar-refractivity contribution in [2.24, 2.45) is 0 Å². The van der Waals surface area contributed by atoms with Crippen LogP contribution in [-0.2, 0) is 29.0 Å². The molecule has 29 heavy (non-hydrogen) atoms. The molecule has 0 saturated heterocycles. The topological polar surface area (TPSA) is 40.6 Å². The number of anilines is 1. The highest BCUT2D eigenvalue weighted by atomic mass is 16.2. The minimum absolute atomic E-state index is 0.0208. The third-order valence-corrected chi connectivity index (χ3v) is 5.30. The molecule has 0 spiro atoms. The first-order valence-corrected chi connectivity index (χ1v) is 10.6. The minimum Gasteiger partial charge on any atom is -0.336 e. The molecule has 2 aromatic rings. The van der Waals surface area contributed by atoms with Gasteiger partial charge in [0.05, 0.1) is 0 Å². The summed E-state index contributed by atoms with van der Waals surface area (Å²) in [6.45, 7) is 10.8. The number of rotatable bonds is 9. The third kappa shape index (κ3) is 5.93. The van der Waals surface area contributed by atoms with Crippen molar-refractivity contribution in [3.05, 3.63) is 65.2 Å². The van der Waals surface area contributed by atoms with Gasteiger partial charge in [0.15, 0.2) is 0 Å². The van der Waals surface area contributed by atoms with E-state index in [1.165, 1.54) is 0 Å². The number of carbonyl (C=O) groups is 2. The Morgan fingerprint density at radius 1 is 0.897 bits per heavy atom. The maximum absolute atomic E-state index is 13.0. The van der Waals surface area contributed by atoms with E-state index in [1.54, 1.807) is 11.8 Å². The summed E-state index contributed by atoms with van der Waals surface area (Å²) in [7, 11) is 0. The zero-order valence-electron chi connectivity index (χ0n) is 18.4. The van der Waals surface area contributed by atoms with Crippen molar-refractivity contribution in [3.63, 3.8) is 0 Å². The summed E-state index contributed by atoms with van der Waals surface area (Å²) in [5.41, 5.74) is 4.40. The molecule has 0 bridgehead atoms. The Labute approximate surface area is 175 Å². The average molecular weight is 395 g/mol. The monoisotopic (exact) mass is 394 g/mol. The van der Waals surface area contributed by atoms with Gasteiger partial charge >= 0.3 is 0 Å². The smallest absolute Gasteiger partial charge is 0.224 e. The van der Waals surface area contributed by atoms with E-state index in [9.17, 15) is 9.59 Å². The van der Waals surface area contributed by atoms with E-state index in [-0.39, 0.29) is 17.9 Å². The van der Waals surface area contributed by atoms with E-state index in [0.29, 0.717) is 19.5 Å². The van der Waals surface area contributed by atoms with Gasteiger partial charge in [0.25, 0.3) is 0 Å². The quantitative estimate of drug-likeness (QED) is 0.601. The Morgan fingerprint density at radius 2 is 1.48 bits per heavy atom. The Morgan fingerprint density at radius 3 is 1.97 bits per heavy atom. The van der Waals surface area contributed by atoms with Gasteiger partial charge in [0, 0.05) is 38.2 Å². The van der Waals surface area contributed by atoms with Crippen LogP contribution < -0.4 is 4.90 Å². The molecule has 2 rings (SSSR count). The second kappa shape index (κ2) is 10.8. The van der Waals surface area contributed by atoms with Crippen LogP contribution >= 0.6 is 0 Å². The van der Waals surface area contributed by atoms with Gasteiger partial charge in [-0.05, 0) is 43.4 Å². The zero-order valence-corrected chi connectivity index (χ0v) is 18.4. The third-order valence-electron chi connectivity index (χ3n) is 5.30. The Hall–Kier alpha value is -2.62. The first-order valence-electron chi connectivity index (χ1n) is 10.6. The summed E-state index contributed by atoms with van der Waals surface area (Å²) in [6.07, 6.45) is 2.02. The van der Waals surface area contributed by atoms with Crippen molar-refractivity contribution in [3.8, 4) is 0 Å². The van der Waals surface area contributed by atoms with Gasteiger partial charge in [-0.25, -0.2) is 0 Å². The maximum Gasteiger partial charge on any atom is 0.224 e. The molecule has 0 saturated carbocycles. The number of aryl methyl sites for hydroxylation is 2. The summed E-state index contributed by atoms with van der Waals surface area (Å²) in [5, 5.41) is 0. The standard InChI is InChI=1S/C25H34N2O2/c1-6-22-14-11-15-23(7-2)25(22)26(20(5)28)17-16-24(29)27(19(3)4)18-21-12-9-8-10-13-21/h8-15,19H,6-7,16-18H2,1-5H3. The number of benzene rings is 2. The number of hydrogen-bond acceptors (Lipinski definition) is 2. The Kier molecular flexibility index (Phi) is 8.44. The number of amides is 2. The summed E-state index contributed by atoms with van der Waals surface area (Å²) in [4.78, 5) is 29.2. The molecule has 0 fully saturated rings. The molecule has 2 aromatic carbocycles. The molecule has 4 nitrogen and oxygen atoms in total. The Balaban J connectivity index is 2.19. The number of para-hydroxylation sites is 1. The molecule has 0 unspecified atom stereocenters. The van der Waals surface area contributed by atoms with Gasteiger partial charge in [-0.1, -0.05) is 62.4 Å². The molecule has 0 aromatic heterocycles. The largest absolute Gasteiger partial charge is 0.336 e. The van der Waals surface area contributed by atoms with Crippen LogP contribution in [0.3, 0.4) is 0 Å². The van der Waals surface area contributed by atoms with Crippen molar-refractivity contribution in [2.75, 3.05) is 11.4 Å². The molecule has 0 aliphatic carbocycles. The average Bonchev–Trinajstić information content (AvgIpc) is 2.72. The summed E-state index contributed by atoms with van der Waals surface area (Å²) >= 11 is 0. The molecule has 2 amide bonds. The van der Waals surface area contributed by atoms with Crippen LogP contribution in [0.4, 0.5) is 5.69 Å². The number of nitrogens with zero attached hydrogens (tertiary/aromatic N) is 2. The summed E-state index contributed by atoms with van der Waals surface area (Å²) in [5.74, 6) is 0.0506. The molecular weight excluding hydrogens is 360 g/mol. The Bertz CT molecular complexity index is 793. The van der Waals surface area contributed by atoms with Gasteiger partial charge in [0.1, 0.15) is 0 Å². The van der Waals surface area contributed by atoms with Crippen molar-refractivity contribution in [1.82, 2.24) is 4.90 Å². The second-order valence-corrected chi connectivity index (χ2v) is 7.65. The van der Waals surface area contributed by atoms with Crippen molar-refractivity contribution in [2.45, 2.75) is 66.5 Å². The number of hydrogen-bond donors (Lipinski definition) is 0. The van der Waals surface area contributed by atoms with Crippen LogP contribution in [-0.4, -0.2) is 29.3 Å². The van der Waals surface area contributed by atoms with E-state index in [1.807, 2.05) is 55.1 Å². The van der Waals surface area contributed by atoms with E-state index >= 15 is 0 Å². The van der Waals surface area contributed by atoms with Crippen LogP contribution in [0, 0.1) is 0 Å². The molecular formula is C25H34N2O2. The predicted octanol–water partition coefficient (Wildman–Crippen LogP) is 4.99. The van der Waals surface area contributed by atoms with Crippen LogP contribution in [0.2, 0.25) is 0 Å². The highest BCUT2D eigenvalue weighted by molar-refractivity contribution is 5.94. The van der Waals surface area contributed by atoms with E-state index in [0.717, 1.165) is 35.2 Å². The van der Waals surface area contributed by atoms with Crippen LogP contribution in [0.1, 0.15) is 57.7 Å². The van der Waals surface area contributed by atoms with Crippen LogP contribution in [0.5, 0.6) is 0 Å². The summed E-state index contributed by atoms with van der Waals surface area (Å²) in [6, 6.07) is 16.3. The van der Waals surface area contributed by atoms with E-state index < -0.39 is 0 Å². The first kappa shape index (κ1) is 22.7. The SMILES string of the molecule is CCc1cccc(CC)c1N(CCC(=O)N(Cc1ccccc1)C(C)C)C(C)=O. The minimum atomic E-state index is -0.0208. The predicted molar refractivity (Wildman–Crippen MR) is 120 cm³/mol. The van der Waals surface area contributed by atoms with Gasteiger partial charge in [-0.3, -0.25) is 9.59 Å².